The Morgan fingerprint density at radius 1 is 1.19 bits per heavy atom. The lowest BCUT2D eigenvalue weighted by Gasteiger charge is -2.25. The molecule has 7 heteroatoms. The molecule has 27 heavy (non-hydrogen) atoms. The zero-order chi connectivity index (χ0) is 19.6. The lowest BCUT2D eigenvalue weighted by atomic mass is 9.98. The zero-order valence-corrected chi connectivity index (χ0v) is 16.0. The minimum absolute atomic E-state index is 0.270. The summed E-state index contributed by atoms with van der Waals surface area (Å²) < 4.78 is 17.0. The first-order chi connectivity index (χ1) is 12.9. The number of benzene rings is 2. The van der Waals surface area contributed by atoms with Crippen LogP contribution in [0.4, 0.5) is 10.1 Å². The Kier molecular flexibility index (Phi) is 5.32. The van der Waals surface area contributed by atoms with Gasteiger partial charge in [-0.1, -0.05) is 23.9 Å². The van der Waals surface area contributed by atoms with E-state index in [2.05, 4.69) is 4.99 Å². The van der Waals surface area contributed by atoms with Gasteiger partial charge in [-0.05, 0) is 55.8 Å². The summed E-state index contributed by atoms with van der Waals surface area (Å²) in [5.41, 5.74) is 1.94. The van der Waals surface area contributed by atoms with Crippen molar-refractivity contribution in [1.29, 1.82) is 0 Å². The van der Waals surface area contributed by atoms with Gasteiger partial charge < -0.3 is 9.64 Å². The van der Waals surface area contributed by atoms with E-state index in [1.165, 1.54) is 31.0 Å². The van der Waals surface area contributed by atoms with Crippen LogP contribution in [-0.2, 0) is 14.3 Å². The molecule has 3 rings (SSSR count). The Balaban J connectivity index is 1.87. The fraction of sp³-hybridized carbons (Fsp3) is 0.250. The highest BCUT2D eigenvalue weighted by molar-refractivity contribution is 8.16. The van der Waals surface area contributed by atoms with Gasteiger partial charge in [-0.25, -0.2) is 9.18 Å². The second-order valence-electron chi connectivity index (χ2n) is 6.12. The Hall–Kier alpha value is -2.67. The van der Waals surface area contributed by atoms with Crippen molar-refractivity contribution in [3.8, 4) is 0 Å². The number of carbonyl (C=O) groups excluding carboxylic acids is 2. The Bertz CT molecular complexity index is 896. The molecule has 1 atom stereocenters. The molecule has 0 N–H and O–H groups in total. The monoisotopic (exact) mass is 386 g/mol. The molecule has 0 aliphatic carbocycles. The van der Waals surface area contributed by atoms with Gasteiger partial charge in [0.2, 0.25) is 0 Å². The van der Waals surface area contributed by atoms with E-state index in [9.17, 15) is 14.0 Å². The van der Waals surface area contributed by atoms with Gasteiger partial charge in [-0.3, -0.25) is 4.79 Å². The van der Waals surface area contributed by atoms with Crippen LogP contribution >= 0.6 is 11.8 Å². The standard InChI is InChI=1S/C20H19FN2O3S/c1-4-23(16-11-9-15(21)10-12-16)19-22-18(25)20(2,27-19)14-7-5-13(6-8-14)17(24)26-3/h5-12H,4H2,1-3H3. The first-order valence-electron chi connectivity index (χ1n) is 8.43. The zero-order valence-electron chi connectivity index (χ0n) is 15.2. The average molecular weight is 386 g/mol. The number of amidine groups is 1. The molecule has 0 saturated heterocycles. The normalized spacial score (nSPS) is 19.0. The van der Waals surface area contributed by atoms with Crippen LogP contribution in [0.3, 0.4) is 0 Å². The number of rotatable bonds is 4. The maximum atomic E-state index is 13.2. The van der Waals surface area contributed by atoms with Gasteiger partial charge in [0.15, 0.2) is 5.17 Å². The van der Waals surface area contributed by atoms with Crippen molar-refractivity contribution >= 4 is 34.5 Å². The molecule has 1 aliphatic heterocycles. The van der Waals surface area contributed by atoms with Crippen molar-refractivity contribution in [2.75, 3.05) is 18.6 Å². The van der Waals surface area contributed by atoms with Crippen molar-refractivity contribution in [2.24, 2.45) is 4.99 Å². The smallest absolute Gasteiger partial charge is 0.337 e. The second kappa shape index (κ2) is 7.52. The van der Waals surface area contributed by atoms with E-state index in [-0.39, 0.29) is 11.7 Å². The van der Waals surface area contributed by atoms with Crippen LogP contribution in [0.1, 0.15) is 29.8 Å². The lowest BCUT2D eigenvalue weighted by molar-refractivity contribution is -0.119. The third-order valence-electron chi connectivity index (χ3n) is 4.44. The molecule has 2 aromatic carbocycles. The number of hydrogen-bond acceptors (Lipinski definition) is 5. The van der Waals surface area contributed by atoms with Crippen LogP contribution in [0.15, 0.2) is 53.5 Å². The van der Waals surface area contributed by atoms with Crippen molar-refractivity contribution < 1.29 is 18.7 Å². The summed E-state index contributed by atoms with van der Waals surface area (Å²) in [7, 11) is 1.32. The van der Waals surface area contributed by atoms with Crippen molar-refractivity contribution in [2.45, 2.75) is 18.6 Å². The number of thioether (sulfide) groups is 1. The molecule has 1 unspecified atom stereocenters. The third-order valence-corrected chi connectivity index (χ3v) is 5.76. The number of methoxy groups -OCH3 is 1. The van der Waals surface area contributed by atoms with E-state index in [0.29, 0.717) is 17.3 Å². The third kappa shape index (κ3) is 3.60. The predicted octanol–water partition coefficient (Wildman–Crippen LogP) is 3.98. The number of ether oxygens (including phenoxy) is 1. The Morgan fingerprint density at radius 3 is 2.37 bits per heavy atom. The van der Waals surface area contributed by atoms with E-state index < -0.39 is 10.7 Å². The van der Waals surface area contributed by atoms with E-state index >= 15 is 0 Å². The van der Waals surface area contributed by atoms with Gasteiger partial charge in [0, 0.05) is 12.2 Å². The summed E-state index contributed by atoms with van der Waals surface area (Å²) in [5, 5.41) is 0.564. The SMILES string of the molecule is CCN(C1=NC(=O)C(C)(c2ccc(C(=O)OC)cc2)S1)c1ccc(F)cc1. The number of aliphatic imine (C=N–C) groups is 1. The van der Waals surface area contributed by atoms with Gasteiger partial charge in [-0.2, -0.15) is 4.99 Å². The summed E-state index contributed by atoms with van der Waals surface area (Å²) >= 11 is 1.34. The molecule has 5 nitrogen and oxygen atoms in total. The molecular weight excluding hydrogens is 367 g/mol. The van der Waals surface area contributed by atoms with Gasteiger partial charge in [-0.15, -0.1) is 0 Å². The number of nitrogens with zero attached hydrogens (tertiary/aromatic N) is 2. The largest absolute Gasteiger partial charge is 0.465 e. The number of hydrogen-bond donors (Lipinski definition) is 0. The average Bonchev–Trinajstić information content (AvgIpc) is 2.99. The molecule has 1 aliphatic rings. The summed E-state index contributed by atoms with van der Waals surface area (Å²) in [5.74, 6) is -1.01. The molecule has 0 saturated carbocycles. The first kappa shape index (κ1) is 19.1. The molecule has 0 aromatic heterocycles. The van der Waals surface area contributed by atoms with Gasteiger partial charge in [0.25, 0.3) is 5.91 Å². The summed E-state index contributed by atoms with van der Waals surface area (Å²) in [6, 6.07) is 12.8. The van der Waals surface area contributed by atoms with E-state index in [4.69, 9.17) is 4.74 Å². The Labute approximate surface area is 161 Å². The molecule has 0 radical (unpaired) electrons. The van der Waals surface area contributed by atoms with Gasteiger partial charge in [0.1, 0.15) is 10.6 Å². The number of amides is 1. The maximum absolute atomic E-state index is 13.2. The molecular formula is C20H19FN2O3S. The molecule has 1 heterocycles. The second-order valence-corrected chi connectivity index (χ2v) is 7.51. The number of anilines is 1. The first-order valence-corrected chi connectivity index (χ1v) is 9.24. The fourth-order valence-corrected chi connectivity index (χ4v) is 4.06. The summed E-state index contributed by atoms with van der Waals surface area (Å²) in [6.45, 7) is 4.34. The highest BCUT2D eigenvalue weighted by Gasteiger charge is 2.44. The number of carbonyl (C=O) groups is 2. The molecule has 140 valence electrons. The molecule has 0 spiro atoms. The molecule has 0 fully saturated rings. The van der Waals surface area contributed by atoms with Crippen molar-refractivity contribution in [3.63, 3.8) is 0 Å². The van der Waals surface area contributed by atoms with E-state index in [0.717, 1.165) is 11.3 Å². The quantitative estimate of drug-likeness (QED) is 0.744. The number of halogens is 1. The van der Waals surface area contributed by atoms with Gasteiger partial charge in [0.05, 0.1) is 12.7 Å². The van der Waals surface area contributed by atoms with Crippen molar-refractivity contribution in [3.05, 3.63) is 65.5 Å². The highest BCUT2D eigenvalue weighted by Crippen LogP contribution is 2.44. The van der Waals surface area contributed by atoms with Crippen LogP contribution in [0.25, 0.3) is 0 Å². The Morgan fingerprint density at radius 2 is 1.81 bits per heavy atom. The lowest BCUT2D eigenvalue weighted by Crippen LogP contribution is -2.29. The summed E-state index contributed by atoms with van der Waals surface area (Å²) in [4.78, 5) is 30.4. The van der Waals surface area contributed by atoms with Gasteiger partial charge >= 0.3 is 5.97 Å². The van der Waals surface area contributed by atoms with Crippen molar-refractivity contribution in [1.82, 2.24) is 0 Å². The van der Waals surface area contributed by atoms with Crippen LogP contribution in [0, 0.1) is 5.82 Å². The van der Waals surface area contributed by atoms with Crippen LogP contribution < -0.4 is 4.90 Å². The summed E-state index contributed by atoms with van der Waals surface area (Å²) in [6.07, 6.45) is 0. The van der Waals surface area contributed by atoms with E-state index in [1.54, 1.807) is 36.4 Å². The topological polar surface area (TPSA) is 59.0 Å². The van der Waals surface area contributed by atoms with Crippen LogP contribution in [0.5, 0.6) is 0 Å². The molecule has 0 bridgehead atoms. The van der Waals surface area contributed by atoms with Crippen LogP contribution in [-0.4, -0.2) is 30.7 Å². The minimum Gasteiger partial charge on any atom is -0.465 e. The van der Waals surface area contributed by atoms with Crippen LogP contribution in [0.2, 0.25) is 0 Å². The maximum Gasteiger partial charge on any atom is 0.337 e. The highest BCUT2D eigenvalue weighted by atomic mass is 32.2. The van der Waals surface area contributed by atoms with E-state index in [1.807, 2.05) is 18.7 Å². The minimum atomic E-state index is -0.891. The fourth-order valence-electron chi connectivity index (χ4n) is 2.83. The number of esters is 1. The molecule has 2 aromatic rings. The predicted molar refractivity (Wildman–Crippen MR) is 105 cm³/mol. The molecule has 1 amide bonds.